The Morgan fingerprint density at radius 2 is 2.20 bits per heavy atom. The van der Waals surface area contributed by atoms with Gasteiger partial charge in [-0.2, -0.15) is 5.10 Å². The van der Waals surface area contributed by atoms with Crippen LogP contribution < -0.4 is 10.4 Å². The predicted octanol–water partition coefficient (Wildman–Crippen LogP) is 2.29. The van der Waals surface area contributed by atoms with Crippen molar-refractivity contribution in [2.45, 2.75) is 38.1 Å². The van der Waals surface area contributed by atoms with Crippen LogP contribution in [0.4, 0.5) is 0 Å². The molecule has 20 heavy (non-hydrogen) atoms. The predicted molar refractivity (Wildman–Crippen MR) is 76.2 cm³/mol. The molecule has 0 amide bonds. The maximum absolute atomic E-state index is 12.0. The van der Waals surface area contributed by atoms with E-state index in [-0.39, 0.29) is 5.69 Å². The Balaban J connectivity index is 1.88. The van der Waals surface area contributed by atoms with Crippen LogP contribution in [0, 0.1) is 0 Å². The molecular formula is C15H19N3O2. The van der Waals surface area contributed by atoms with Crippen LogP contribution in [0.15, 0.2) is 29.1 Å². The van der Waals surface area contributed by atoms with Crippen molar-refractivity contribution in [3.05, 3.63) is 46.1 Å². The Bertz CT molecular complexity index is 639. The molecule has 5 heteroatoms. The maximum Gasteiger partial charge on any atom is 0.343 e. The SMILES string of the molecule is COc1cccc(Cc2n[nH]c(=O)n2C2CCCC2)c1. The van der Waals surface area contributed by atoms with Gasteiger partial charge in [0.25, 0.3) is 0 Å². The highest BCUT2D eigenvalue weighted by molar-refractivity contribution is 5.30. The molecule has 1 aromatic heterocycles. The Labute approximate surface area is 117 Å². The van der Waals surface area contributed by atoms with Gasteiger partial charge in [-0.15, -0.1) is 0 Å². The highest BCUT2D eigenvalue weighted by Gasteiger charge is 2.22. The molecule has 3 rings (SSSR count). The largest absolute Gasteiger partial charge is 0.497 e. The Morgan fingerprint density at radius 1 is 1.40 bits per heavy atom. The van der Waals surface area contributed by atoms with Crippen LogP contribution in [0.2, 0.25) is 0 Å². The lowest BCUT2D eigenvalue weighted by Crippen LogP contribution is -2.22. The van der Waals surface area contributed by atoms with Crippen LogP contribution in [0.5, 0.6) is 5.75 Å². The van der Waals surface area contributed by atoms with Gasteiger partial charge in [-0.1, -0.05) is 25.0 Å². The Hall–Kier alpha value is -2.04. The number of aromatic amines is 1. The third-order valence-corrected chi connectivity index (χ3v) is 3.96. The number of ether oxygens (including phenoxy) is 1. The van der Waals surface area contributed by atoms with Crippen LogP contribution in [-0.4, -0.2) is 21.9 Å². The van der Waals surface area contributed by atoms with Gasteiger partial charge in [0.05, 0.1) is 7.11 Å². The van der Waals surface area contributed by atoms with E-state index in [1.807, 2.05) is 28.8 Å². The zero-order chi connectivity index (χ0) is 13.9. The molecule has 2 aromatic rings. The minimum absolute atomic E-state index is 0.0882. The topological polar surface area (TPSA) is 59.9 Å². The first-order valence-corrected chi connectivity index (χ1v) is 7.06. The third kappa shape index (κ3) is 2.48. The number of nitrogens with one attached hydrogen (secondary N) is 1. The molecule has 1 N–H and O–H groups in total. The summed E-state index contributed by atoms with van der Waals surface area (Å²) in [6.07, 6.45) is 5.18. The van der Waals surface area contributed by atoms with Crippen molar-refractivity contribution >= 4 is 0 Å². The van der Waals surface area contributed by atoms with E-state index in [1.165, 1.54) is 12.8 Å². The molecule has 0 spiro atoms. The van der Waals surface area contributed by atoms with Crippen molar-refractivity contribution in [1.29, 1.82) is 0 Å². The quantitative estimate of drug-likeness (QED) is 0.929. The van der Waals surface area contributed by atoms with Crippen molar-refractivity contribution in [3.8, 4) is 5.75 Å². The summed E-state index contributed by atoms with van der Waals surface area (Å²) in [4.78, 5) is 12.0. The van der Waals surface area contributed by atoms with E-state index in [9.17, 15) is 4.79 Å². The first kappa shape index (κ1) is 13.0. The van der Waals surface area contributed by atoms with Gasteiger partial charge in [0.15, 0.2) is 0 Å². The Morgan fingerprint density at radius 3 is 2.95 bits per heavy atom. The summed E-state index contributed by atoms with van der Waals surface area (Å²) in [5.41, 5.74) is 1.01. The van der Waals surface area contributed by atoms with Crippen LogP contribution in [0.1, 0.15) is 43.1 Å². The lowest BCUT2D eigenvalue weighted by Gasteiger charge is -2.12. The number of aromatic nitrogens is 3. The molecule has 0 aliphatic heterocycles. The molecule has 0 radical (unpaired) electrons. The molecular weight excluding hydrogens is 254 g/mol. The summed E-state index contributed by atoms with van der Waals surface area (Å²) >= 11 is 0. The molecule has 106 valence electrons. The average Bonchev–Trinajstić information content (AvgIpc) is 3.09. The number of hydrogen-bond donors (Lipinski definition) is 1. The first-order chi connectivity index (χ1) is 9.78. The van der Waals surface area contributed by atoms with Crippen LogP contribution in [0.25, 0.3) is 0 Å². The third-order valence-electron chi connectivity index (χ3n) is 3.96. The number of H-pyrrole nitrogens is 1. The van der Waals surface area contributed by atoms with E-state index in [0.29, 0.717) is 12.5 Å². The van der Waals surface area contributed by atoms with E-state index in [2.05, 4.69) is 10.2 Å². The molecule has 1 aliphatic rings. The number of nitrogens with zero attached hydrogens (tertiary/aromatic N) is 2. The van der Waals surface area contributed by atoms with E-state index < -0.39 is 0 Å². The molecule has 1 fully saturated rings. The molecule has 1 heterocycles. The summed E-state index contributed by atoms with van der Waals surface area (Å²) in [5, 5.41) is 6.78. The fourth-order valence-electron chi connectivity index (χ4n) is 2.97. The number of benzene rings is 1. The maximum atomic E-state index is 12.0. The highest BCUT2D eigenvalue weighted by Crippen LogP contribution is 2.29. The summed E-state index contributed by atoms with van der Waals surface area (Å²) in [6.45, 7) is 0. The minimum Gasteiger partial charge on any atom is -0.497 e. The number of methoxy groups -OCH3 is 1. The number of rotatable bonds is 4. The van der Waals surface area contributed by atoms with E-state index in [4.69, 9.17) is 4.74 Å². The van der Waals surface area contributed by atoms with Crippen molar-refractivity contribution in [2.24, 2.45) is 0 Å². The summed E-state index contributed by atoms with van der Waals surface area (Å²) in [5.74, 6) is 1.64. The van der Waals surface area contributed by atoms with Gasteiger partial charge < -0.3 is 4.74 Å². The molecule has 0 atom stereocenters. The van der Waals surface area contributed by atoms with Crippen molar-refractivity contribution < 1.29 is 4.74 Å². The molecule has 0 bridgehead atoms. The van der Waals surface area contributed by atoms with Crippen molar-refractivity contribution in [1.82, 2.24) is 14.8 Å². The van der Waals surface area contributed by atoms with Gasteiger partial charge in [0.2, 0.25) is 0 Å². The summed E-state index contributed by atoms with van der Waals surface area (Å²) < 4.78 is 7.07. The van der Waals surface area contributed by atoms with Gasteiger partial charge in [-0.05, 0) is 30.5 Å². The molecule has 1 saturated carbocycles. The second-order valence-corrected chi connectivity index (χ2v) is 5.28. The molecule has 1 aliphatic carbocycles. The molecule has 1 aromatic carbocycles. The normalized spacial score (nSPS) is 15.7. The van der Waals surface area contributed by atoms with E-state index in [0.717, 1.165) is 30.0 Å². The van der Waals surface area contributed by atoms with Gasteiger partial charge in [0.1, 0.15) is 11.6 Å². The van der Waals surface area contributed by atoms with Gasteiger partial charge in [0, 0.05) is 12.5 Å². The summed E-state index contributed by atoms with van der Waals surface area (Å²) in [6, 6.07) is 8.19. The monoisotopic (exact) mass is 273 g/mol. The van der Waals surface area contributed by atoms with Gasteiger partial charge in [-0.25, -0.2) is 9.89 Å². The zero-order valence-electron chi connectivity index (χ0n) is 11.6. The fourth-order valence-corrected chi connectivity index (χ4v) is 2.97. The average molecular weight is 273 g/mol. The fraction of sp³-hybridized carbons (Fsp3) is 0.467. The van der Waals surface area contributed by atoms with Crippen LogP contribution in [-0.2, 0) is 6.42 Å². The van der Waals surface area contributed by atoms with Gasteiger partial charge >= 0.3 is 5.69 Å². The number of hydrogen-bond acceptors (Lipinski definition) is 3. The zero-order valence-corrected chi connectivity index (χ0v) is 11.6. The van der Waals surface area contributed by atoms with Gasteiger partial charge in [-0.3, -0.25) is 4.57 Å². The van der Waals surface area contributed by atoms with Crippen molar-refractivity contribution in [3.63, 3.8) is 0 Å². The smallest absolute Gasteiger partial charge is 0.343 e. The van der Waals surface area contributed by atoms with E-state index in [1.54, 1.807) is 7.11 Å². The minimum atomic E-state index is -0.0882. The van der Waals surface area contributed by atoms with Crippen LogP contribution in [0.3, 0.4) is 0 Å². The van der Waals surface area contributed by atoms with Crippen LogP contribution >= 0.6 is 0 Å². The summed E-state index contributed by atoms with van der Waals surface area (Å²) in [7, 11) is 1.65. The lowest BCUT2D eigenvalue weighted by atomic mass is 10.1. The van der Waals surface area contributed by atoms with E-state index >= 15 is 0 Å². The first-order valence-electron chi connectivity index (χ1n) is 7.06. The highest BCUT2D eigenvalue weighted by atomic mass is 16.5. The second-order valence-electron chi connectivity index (χ2n) is 5.28. The molecule has 0 saturated heterocycles. The second kappa shape index (κ2) is 5.53. The molecule has 5 nitrogen and oxygen atoms in total. The molecule has 0 unspecified atom stereocenters. The lowest BCUT2D eigenvalue weighted by molar-refractivity contribution is 0.414. The van der Waals surface area contributed by atoms with Crippen molar-refractivity contribution in [2.75, 3.05) is 7.11 Å². The standard InChI is InChI=1S/C15H19N3O2/c1-20-13-8-4-5-11(9-13)10-14-16-17-15(19)18(14)12-6-2-3-7-12/h4-5,8-9,12H,2-3,6-7,10H2,1H3,(H,17,19). The Kier molecular flexibility index (Phi) is 3.58.